The van der Waals surface area contributed by atoms with Crippen molar-refractivity contribution in [1.29, 1.82) is 0 Å². The van der Waals surface area contributed by atoms with Crippen LogP contribution in [-0.2, 0) is 62.7 Å². The van der Waals surface area contributed by atoms with Gasteiger partial charge in [0.1, 0.15) is 30.9 Å². The summed E-state index contributed by atoms with van der Waals surface area (Å²) in [4.78, 5) is 93.8. The number of hydrogen-bond acceptors (Lipinski definition) is 13. The Bertz CT molecular complexity index is 1930. The first-order chi connectivity index (χ1) is 29.1. The summed E-state index contributed by atoms with van der Waals surface area (Å²) in [5.74, 6) is -4.90. The van der Waals surface area contributed by atoms with Gasteiger partial charge in [-0.15, -0.1) is 0 Å². The Morgan fingerprint density at radius 2 is 1.30 bits per heavy atom. The highest BCUT2D eigenvalue weighted by Gasteiger charge is 2.31. The van der Waals surface area contributed by atoms with Crippen molar-refractivity contribution in [1.82, 2.24) is 26.7 Å². The van der Waals surface area contributed by atoms with Crippen molar-refractivity contribution in [2.75, 3.05) is 19.7 Å². The third-order valence-electron chi connectivity index (χ3n) is 8.06. The molecule has 0 saturated carbocycles. The van der Waals surface area contributed by atoms with Crippen LogP contribution < -0.4 is 32.4 Å². The van der Waals surface area contributed by atoms with E-state index in [-0.39, 0.29) is 45.8 Å². The summed E-state index contributed by atoms with van der Waals surface area (Å²) < 4.78 is 21.9. The molecular weight excluding hydrogens is 796 g/mol. The molecule has 0 aromatic heterocycles. The Morgan fingerprint density at radius 3 is 1.85 bits per heavy atom. The maximum atomic E-state index is 13.8. The molecule has 0 radical (unpaired) electrons. The van der Waals surface area contributed by atoms with Crippen molar-refractivity contribution in [2.24, 2.45) is 10.7 Å². The second-order valence-corrected chi connectivity index (χ2v) is 14.3. The van der Waals surface area contributed by atoms with Gasteiger partial charge in [-0.3, -0.25) is 19.2 Å². The van der Waals surface area contributed by atoms with Gasteiger partial charge in [0.15, 0.2) is 11.1 Å². The zero-order valence-corrected chi connectivity index (χ0v) is 34.1. The lowest BCUT2D eigenvalue weighted by Gasteiger charge is -2.24. The fourth-order valence-electron chi connectivity index (χ4n) is 5.19. The predicted molar refractivity (Wildman–Crippen MR) is 219 cm³/mol. The van der Waals surface area contributed by atoms with E-state index < -0.39 is 83.4 Å². The molecule has 20 heteroatoms. The van der Waals surface area contributed by atoms with E-state index in [9.17, 15) is 38.9 Å². The van der Waals surface area contributed by atoms with Crippen LogP contribution in [0, 0.1) is 10.1 Å². The molecule has 0 aliphatic carbocycles. The van der Waals surface area contributed by atoms with Crippen molar-refractivity contribution in [3.8, 4) is 0 Å². The Morgan fingerprint density at radius 1 is 0.738 bits per heavy atom. The number of rotatable bonds is 23. The minimum absolute atomic E-state index is 0.0612. The maximum absolute atomic E-state index is 13.8. The zero-order chi connectivity index (χ0) is 44.6. The summed E-state index contributed by atoms with van der Waals surface area (Å²) in [5.41, 5.74) is 8.35. The molecule has 20 nitrogen and oxygen atoms in total. The largest absolute Gasteiger partial charge is 0.461 e. The number of aliphatic imine (C=N–C) groups is 1. The van der Waals surface area contributed by atoms with Crippen LogP contribution in [0.2, 0.25) is 0 Å². The van der Waals surface area contributed by atoms with Crippen molar-refractivity contribution >= 4 is 41.7 Å². The first-order valence-corrected chi connectivity index (χ1v) is 19.2. The third kappa shape index (κ3) is 20.4. The lowest BCUT2D eigenvalue weighted by atomic mass is 10.1. The Kier molecular flexibility index (Phi) is 20.1. The number of benzene rings is 3. The molecule has 3 atom stereocenters. The molecule has 4 amide bonds. The molecule has 328 valence electrons. The topological polar surface area (TPSA) is 281 Å². The number of carbonyl (C=O) groups excluding carboxylic acids is 6. The van der Waals surface area contributed by atoms with Gasteiger partial charge >= 0.3 is 18.0 Å². The fourth-order valence-corrected chi connectivity index (χ4v) is 5.19. The lowest BCUT2D eigenvalue weighted by Crippen LogP contribution is -2.55. The molecule has 61 heavy (non-hydrogen) atoms. The van der Waals surface area contributed by atoms with Gasteiger partial charge in [-0.2, -0.15) is 0 Å². The molecule has 3 rings (SSSR count). The normalized spacial score (nSPS) is 12.7. The van der Waals surface area contributed by atoms with Crippen LogP contribution in [0.25, 0.3) is 0 Å². The van der Waals surface area contributed by atoms with Crippen LogP contribution in [-0.4, -0.2) is 90.2 Å². The van der Waals surface area contributed by atoms with Crippen molar-refractivity contribution < 1.29 is 52.7 Å². The highest BCUT2D eigenvalue weighted by atomic mass is 16.7. The van der Waals surface area contributed by atoms with Gasteiger partial charge in [0.25, 0.3) is 5.96 Å². The van der Waals surface area contributed by atoms with E-state index in [4.69, 9.17) is 24.7 Å². The van der Waals surface area contributed by atoms with Crippen molar-refractivity contribution in [3.63, 3.8) is 0 Å². The number of ether oxygens (including phenoxy) is 4. The minimum atomic E-state index is -1.61. The smallest absolute Gasteiger partial charge is 0.408 e. The number of guanidine groups is 1. The summed E-state index contributed by atoms with van der Waals surface area (Å²) >= 11 is 0. The Balaban J connectivity index is 1.74. The average molecular weight is 849 g/mol. The second-order valence-electron chi connectivity index (χ2n) is 14.3. The summed E-state index contributed by atoms with van der Waals surface area (Å²) in [5, 5.41) is 19.4. The number of esters is 2. The minimum Gasteiger partial charge on any atom is -0.461 e. The number of hydrazine groups is 1. The number of carbonyl (C=O) groups is 6. The molecule has 0 bridgehead atoms. The number of alkyl carbamates (subject to hydrolysis) is 1. The van der Waals surface area contributed by atoms with Crippen LogP contribution >= 0.6 is 0 Å². The molecule has 7 N–H and O–H groups in total. The molecule has 0 unspecified atom stereocenters. The SMILES string of the molecule is CC(C)(C)OC(=O)N[C@@H](CCCN=C(N)N[N+](=O)[O-])C(=O)NCC(=O)N[C@H](CC(=O)OCc1ccccc1)C(=O)N[C@@H](COCc1ccccc1)C(=O)OCc1ccccc1. The van der Waals surface area contributed by atoms with Gasteiger partial charge < -0.3 is 45.9 Å². The molecular formula is C41H52N8O12. The number of nitrogens with one attached hydrogen (secondary N) is 5. The number of nitrogens with two attached hydrogens (primary N) is 1. The number of hydrogen-bond donors (Lipinski definition) is 6. The van der Waals surface area contributed by atoms with E-state index in [0.29, 0.717) is 11.1 Å². The van der Waals surface area contributed by atoms with Crippen molar-refractivity contribution in [2.45, 2.75) is 83.6 Å². The molecule has 0 saturated heterocycles. The van der Waals surface area contributed by atoms with Crippen LogP contribution in [0.15, 0.2) is 96.0 Å². The summed E-state index contributed by atoms with van der Waals surface area (Å²) in [6.45, 7) is 3.57. The van der Waals surface area contributed by atoms with E-state index in [1.807, 2.05) is 30.3 Å². The van der Waals surface area contributed by atoms with Gasteiger partial charge in [0.2, 0.25) is 17.7 Å². The van der Waals surface area contributed by atoms with Gasteiger partial charge in [0.05, 0.1) is 26.2 Å². The van der Waals surface area contributed by atoms with Gasteiger partial charge in [-0.05, 0) is 50.3 Å². The quantitative estimate of drug-likeness (QED) is 0.0151. The standard InChI is InChI=1S/C41H52N8O12/c1-41(2,3)61-40(55)47-31(20-13-21-43-39(42)48-49(56)57)36(52)44-23-34(50)45-32(22-35(51)59-25-29-16-9-5-10-17-29)37(53)46-33(27-58-24-28-14-7-4-8-15-28)38(54)60-26-30-18-11-6-12-19-30/h4-12,14-19,31-33H,13,20-27H2,1-3H3,(H,44,52)(H,45,50)(H,46,53)(H,47,55)(H3,42,43,48)/t31-,32+,33-/m0/s1. The van der Waals surface area contributed by atoms with Crippen LogP contribution in [0.1, 0.15) is 56.7 Å². The molecule has 3 aromatic carbocycles. The Labute approximate surface area is 352 Å². The maximum Gasteiger partial charge on any atom is 0.408 e. The van der Waals surface area contributed by atoms with E-state index in [1.165, 1.54) is 0 Å². The monoisotopic (exact) mass is 848 g/mol. The first-order valence-electron chi connectivity index (χ1n) is 19.2. The summed E-state index contributed by atoms with van der Waals surface area (Å²) in [7, 11) is 0. The molecule has 0 aliphatic heterocycles. The predicted octanol–water partition coefficient (Wildman–Crippen LogP) is 1.94. The molecule has 0 heterocycles. The first kappa shape index (κ1) is 48.3. The number of amides is 4. The molecule has 0 aliphatic rings. The van der Waals surface area contributed by atoms with Crippen molar-refractivity contribution in [3.05, 3.63) is 118 Å². The third-order valence-corrected chi connectivity index (χ3v) is 8.06. The number of nitro groups is 1. The molecule has 0 spiro atoms. The van der Waals surface area contributed by atoms with Crippen LogP contribution in [0.5, 0.6) is 0 Å². The van der Waals surface area contributed by atoms with Crippen LogP contribution in [0.3, 0.4) is 0 Å². The summed E-state index contributed by atoms with van der Waals surface area (Å²) in [6, 6.07) is 22.4. The highest BCUT2D eigenvalue weighted by Crippen LogP contribution is 2.10. The fraction of sp³-hybridized carbons (Fsp3) is 0.390. The molecule has 3 aromatic rings. The summed E-state index contributed by atoms with van der Waals surface area (Å²) in [6.07, 6.45) is -1.57. The van der Waals surface area contributed by atoms with Crippen LogP contribution in [0.4, 0.5) is 4.79 Å². The van der Waals surface area contributed by atoms with Gasteiger partial charge in [0, 0.05) is 6.54 Å². The number of nitrogens with zero attached hydrogens (tertiary/aromatic N) is 2. The van der Waals surface area contributed by atoms with E-state index >= 15 is 0 Å². The molecule has 0 fully saturated rings. The van der Waals surface area contributed by atoms with E-state index in [1.54, 1.807) is 86.9 Å². The lowest BCUT2D eigenvalue weighted by molar-refractivity contribution is -0.525. The second kappa shape index (κ2) is 25.4. The van der Waals surface area contributed by atoms with Gasteiger partial charge in [-0.25, -0.2) is 24.7 Å². The van der Waals surface area contributed by atoms with E-state index in [2.05, 4.69) is 26.3 Å². The Hall–Kier alpha value is -7.09. The van der Waals surface area contributed by atoms with E-state index in [0.717, 1.165) is 5.56 Å². The highest BCUT2D eigenvalue weighted by molar-refractivity contribution is 5.95. The zero-order valence-electron chi connectivity index (χ0n) is 34.1. The average Bonchev–Trinajstić information content (AvgIpc) is 3.21. The van der Waals surface area contributed by atoms with Gasteiger partial charge in [-0.1, -0.05) is 96.4 Å².